The first-order valence-corrected chi connectivity index (χ1v) is 7.97. The second-order valence-corrected chi connectivity index (χ2v) is 5.70. The average molecular weight is 381 g/mol. The number of quaternary nitrogens is 1. The molecule has 0 saturated heterocycles. The van der Waals surface area contributed by atoms with E-state index in [1.807, 2.05) is 6.07 Å². The summed E-state index contributed by atoms with van der Waals surface area (Å²) in [6.07, 6.45) is -0.703. The Morgan fingerprint density at radius 1 is 1.12 bits per heavy atom. The lowest BCUT2D eigenvalue weighted by Crippen LogP contribution is -3.00. The number of aliphatic hydroxyl groups excluding tert-OH is 2. The van der Waals surface area contributed by atoms with Gasteiger partial charge in [-0.15, -0.1) is 0 Å². The summed E-state index contributed by atoms with van der Waals surface area (Å²) in [4.78, 5) is 22.2. The Morgan fingerprint density at radius 2 is 1.73 bits per heavy atom. The number of ketones is 1. The molecule has 7 nitrogen and oxygen atoms in total. The number of benzene rings is 2. The maximum atomic E-state index is 12.0. The third-order valence-electron chi connectivity index (χ3n) is 4.00. The largest absolute Gasteiger partial charge is 1.00 e. The molecular formula is C18H21ClN2O5. The standard InChI is InChI=1S/C18H20N2O5.ClH/c21-12-16(18(23)14-6-8-15(9-7-14)20(24)25)19-11-10-17(22)13-4-2-1-3-5-13;/h1-9,16,18-19,21,23H,10-12H2;1H. The number of nitro groups is 1. The molecule has 0 aliphatic heterocycles. The predicted molar refractivity (Wildman–Crippen MR) is 91.1 cm³/mol. The monoisotopic (exact) mass is 380 g/mol. The molecule has 0 heterocycles. The van der Waals surface area contributed by atoms with Gasteiger partial charge in [0.1, 0.15) is 12.1 Å². The number of nitrogens with two attached hydrogens (primary N) is 1. The lowest BCUT2D eigenvalue weighted by atomic mass is 10.0. The van der Waals surface area contributed by atoms with Gasteiger partial charge in [-0.3, -0.25) is 14.9 Å². The highest BCUT2D eigenvalue weighted by atomic mass is 35.5. The van der Waals surface area contributed by atoms with Crippen LogP contribution in [0.2, 0.25) is 0 Å². The highest BCUT2D eigenvalue weighted by Gasteiger charge is 2.24. The Morgan fingerprint density at radius 3 is 2.27 bits per heavy atom. The number of nitro benzene ring substituents is 1. The molecule has 8 heteroatoms. The van der Waals surface area contributed by atoms with Gasteiger partial charge in [-0.2, -0.15) is 0 Å². The van der Waals surface area contributed by atoms with E-state index in [1.165, 1.54) is 24.3 Å². The number of carbonyl (C=O) groups excluding carboxylic acids is 1. The van der Waals surface area contributed by atoms with Gasteiger partial charge in [0.2, 0.25) is 0 Å². The van der Waals surface area contributed by atoms with Gasteiger partial charge in [0.05, 0.1) is 24.5 Å². The van der Waals surface area contributed by atoms with Crippen LogP contribution in [0.15, 0.2) is 54.6 Å². The van der Waals surface area contributed by atoms with Crippen LogP contribution in [0.25, 0.3) is 0 Å². The Kier molecular flexibility index (Phi) is 8.87. The lowest BCUT2D eigenvalue weighted by molar-refractivity contribution is -0.698. The summed E-state index contributed by atoms with van der Waals surface area (Å²) in [5, 5.41) is 32.2. The van der Waals surface area contributed by atoms with Crippen LogP contribution < -0.4 is 17.7 Å². The van der Waals surface area contributed by atoms with Gasteiger partial charge >= 0.3 is 0 Å². The third kappa shape index (κ3) is 5.89. The first kappa shape index (κ1) is 21.7. The molecule has 2 atom stereocenters. The van der Waals surface area contributed by atoms with Crippen LogP contribution in [-0.4, -0.2) is 40.1 Å². The van der Waals surface area contributed by atoms with Crippen molar-refractivity contribution in [3.05, 3.63) is 75.8 Å². The molecule has 26 heavy (non-hydrogen) atoms. The van der Waals surface area contributed by atoms with Gasteiger partial charge in [-0.25, -0.2) is 0 Å². The molecule has 2 unspecified atom stereocenters. The van der Waals surface area contributed by atoms with Crippen LogP contribution in [0.5, 0.6) is 0 Å². The van der Waals surface area contributed by atoms with Crippen LogP contribution in [0.4, 0.5) is 5.69 Å². The number of hydrogen-bond donors (Lipinski definition) is 3. The fourth-order valence-electron chi connectivity index (χ4n) is 2.54. The number of hydrogen-bond acceptors (Lipinski definition) is 5. The van der Waals surface area contributed by atoms with Crippen molar-refractivity contribution in [3.8, 4) is 0 Å². The van der Waals surface area contributed by atoms with Crippen LogP contribution in [0.3, 0.4) is 0 Å². The minimum atomic E-state index is -0.988. The van der Waals surface area contributed by atoms with Gasteiger partial charge in [-0.05, 0) is 17.7 Å². The molecule has 0 saturated carbocycles. The highest BCUT2D eigenvalue weighted by Crippen LogP contribution is 2.19. The van der Waals surface area contributed by atoms with Crippen LogP contribution >= 0.6 is 0 Å². The number of nitrogens with zero attached hydrogens (tertiary/aromatic N) is 1. The zero-order valence-corrected chi connectivity index (χ0v) is 14.7. The second-order valence-electron chi connectivity index (χ2n) is 5.70. The van der Waals surface area contributed by atoms with Crippen molar-refractivity contribution in [1.29, 1.82) is 0 Å². The van der Waals surface area contributed by atoms with Crippen molar-refractivity contribution in [1.82, 2.24) is 0 Å². The molecule has 140 valence electrons. The molecule has 0 bridgehead atoms. The van der Waals surface area contributed by atoms with Crippen molar-refractivity contribution >= 4 is 11.5 Å². The number of halogens is 1. The number of aliphatic hydroxyl groups is 2. The predicted octanol–water partition coefficient (Wildman–Crippen LogP) is -2.17. The number of Topliss-reactive ketones (excluding diaryl/α,β-unsaturated/α-hetero) is 1. The van der Waals surface area contributed by atoms with Gasteiger partial charge in [-0.1, -0.05) is 30.3 Å². The number of rotatable bonds is 9. The second kappa shape index (κ2) is 10.6. The maximum absolute atomic E-state index is 12.0. The van der Waals surface area contributed by atoms with Crippen molar-refractivity contribution in [3.63, 3.8) is 0 Å². The molecule has 2 aromatic carbocycles. The van der Waals surface area contributed by atoms with E-state index in [1.54, 1.807) is 29.6 Å². The first-order chi connectivity index (χ1) is 12.0. The van der Waals surface area contributed by atoms with E-state index in [0.717, 1.165) is 0 Å². The minimum Gasteiger partial charge on any atom is -1.00 e. The Balaban J connectivity index is 0.00000338. The minimum absolute atomic E-state index is 0. The summed E-state index contributed by atoms with van der Waals surface area (Å²) < 4.78 is 0. The molecule has 0 aromatic heterocycles. The fraction of sp³-hybridized carbons (Fsp3) is 0.278. The molecule has 4 N–H and O–H groups in total. The summed E-state index contributed by atoms with van der Waals surface area (Å²) in [7, 11) is 0. The van der Waals surface area contributed by atoms with Crippen molar-refractivity contribution in [2.45, 2.75) is 18.6 Å². The number of carbonyl (C=O) groups is 1. The molecular weight excluding hydrogens is 360 g/mol. The van der Waals surface area contributed by atoms with E-state index >= 15 is 0 Å². The Bertz CT molecular complexity index is 709. The SMILES string of the molecule is O=C(CC[NH2+]C(CO)C(O)c1ccc([N+](=O)[O-])cc1)c1ccccc1.[Cl-]. The molecule has 0 amide bonds. The topological polar surface area (TPSA) is 117 Å². The summed E-state index contributed by atoms with van der Waals surface area (Å²) >= 11 is 0. The van der Waals surface area contributed by atoms with Gasteiger partial charge in [0.15, 0.2) is 5.78 Å². The van der Waals surface area contributed by atoms with Crippen molar-refractivity contribution in [2.75, 3.05) is 13.2 Å². The fourth-order valence-corrected chi connectivity index (χ4v) is 2.54. The van der Waals surface area contributed by atoms with E-state index in [9.17, 15) is 25.1 Å². The molecule has 2 rings (SSSR count). The van der Waals surface area contributed by atoms with Gasteiger partial charge in [0.25, 0.3) is 5.69 Å². The average Bonchev–Trinajstić information content (AvgIpc) is 2.65. The number of non-ortho nitro benzene ring substituents is 1. The van der Waals surface area contributed by atoms with E-state index in [-0.39, 0.29) is 36.9 Å². The molecule has 0 spiro atoms. The smallest absolute Gasteiger partial charge is 0.269 e. The summed E-state index contributed by atoms with van der Waals surface area (Å²) in [5.41, 5.74) is 1.05. The Hall–Kier alpha value is -2.32. The van der Waals surface area contributed by atoms with Gasteiger partial charge in [0, 0.05) is 17.7 Å². The van der Waals surface area contributed by atoms with Crippen LogP contribution in [0.1, 0.15) is 28.4 Å². The summed E-state index contributed by atoms with van der Waals surface area (Å²) in [6.45, 7) is 0.140. The van der Waals surface area contributed by atoms with E-state index in [2.05, 4.69) is 0 Å². The third-order valence-corrected chi connectivity index (χ3v) is 4.00. The van der Waals surface area contributed by atoms with Crippen LogP contribution in [0, 0.1) is 10.1 Å². The quantitative estimate of drug-likeness (QED) is 0.260. The molecule has 0 radical (unpaired) electrons. The Labute approximate surface area is 157 Å². The van der Waals surface area contributed by atoms with Gasteiger partial charge < -0.3 is 27.9 Å². The normalized spacial score (nSPS) is 12.7. The summed E-state index contributed by atoms with van der Waals surface area (Å²) in [6, 6.07) is 13.9. The summed E-state index contributed by atoms with van der Waals surface area (Å²) in [5.74, 6) is -0.00151. The zero-order valence-electron chi connectivity index (χ0n) is 14.0. The lowest BCUT2D eigenvalue weighted by Gasteiger charge is -2.19. The molecule has 0 fully saturated rings. The maximum Gasteiger partial charge on any atom is 0.269 e. The molecule has 0 aliphatic rings. The van der Waals surface area contributed by atoms with Crippen molar-refractivity contribution < 1.29 is 37.7 Å². The van der Waals surface area contributed by atoms with E-state index < -0.39 is 17.1 Å². The molecule has 0 aliphatic carbocycles. The van der Waals surface area contributed by atoms with E-state index in [0.29, 0.717) is 17.7 Å². The zero-order chi connectivity index (χ0) is 18.2. The van der Waals surface area contributed by atoms with Crippen molar-refractivity contribution in [2.24, 2.45) is 0 Å². The van der Waals surface area contributed by atoms with Crippen LogP contribution in [-0.2, 0) is 0 Å². The first-order valence-electron chi connectivity index (χ1n) is 7.97. The van der Waals surface area contributed by atoms with E-state index in [4.69, 9.17) is 0 Å². The molecule has 2 aromatic rings. The highest BCUT2D eigenvalue weighted by molar-refractivity contribution is 5.95.